The molecule has 0 aliphatic carbocycles. The summed E-state index contributed by atoms with van der Waals surface area (Å²) in [5, 5.41) is 8.49. The van der Waals surface area contributed by atoms with E-state index in [1.54, 1.807) is 85.8 Å². The Morgan fingerprint density at radius 1 is 0.800 bits per heavy atom. The van der Waals surface area contributed by atoms with Gasteiger partial charge in [-0.1, -0.05) is 41.9 Å². The number of thioether (sulfide) groups is 1. The summed E-state index contributed by atoms with van der Waals surface area (Å²) in [5.74, 6) is -1.58. The molecule has 0 saturated carbocycles. The summed E-state index contributed by atoms with van der Waals surface area (Å²) in [6.45, 7) is 1.80. The van der Waals surface area contributed by atoms with Crippen molar-refractivity contribution in [3.63, 3.8) is 0 Å². The van der Waals surface area contributed by atoms with Crippen LogP contribution < -0.4 is 16.0 Å². The Kier molecular flexibility index (Phi) is 9.72. The minimum atomic E-state index is -0.551. The van der Waals surface area contributed by atoms with Crippen molar-refractivity contribution < 1.29 is 18.8 Å². The summed E-state index contributed by atoms with van der Waals surface area (Å²) in [7, 11) is 0. The van der Waals surface area contributed by atoms with Gasteiger partial charge in [0.1, 0.15) is 11.5 Å². The van der Waals surface area contributed by atoms with Crippen molar-refractivity contribution in [1.29, 1.82) is 0 Å². The second-order valence-corrected chi connectivity index (χ2v) is 10.5. The molecule has 4 rings (SSSR count). The van der Waals surface area contributed by atoms with E-state index in [-0.39, 0.29) is 16.9 Å². The molecule has 0 fully saturated rings. The van der Waals surface area contributed by atoms with Crippen LogP contribution in [0.3, 0.4) is 0 Å². The van der Waals surface area contributed by atoms with Crippen LogP contribution in [0.2, 0.25) is 5.02 Å². The molecule has 202 valence electrons. The maximum absolute atomic E-state index is 13.4. The molecule has 40 heavy (non-hydrogen) atoms. The Balaban J connectivity index is 1.42. The third kappa shape index (κ3) is 8.30. The number of hydrogen-bond donors (Lipinski definition) is 3. The van der Waals surface area contributed by atoms with Gasteiger partial charge in [0, 0.05) is 26.9 Å². The van der Waals surface area contributed by atoms with Crippen LogP contribution in [-0.4, -0.2) is 23.0 Å². The Hall–Kier alpha value is -4.40. The molecule has 0 heterocycles. The second-order valence-electron chi connectivity index (χ2n) is 8.66. The number of nitrogens with one attached hydrogen (secondary N) is 3. The van der Waals surface area contributed by atoms with Gasteiger partial charge in [-0.3, -0.25) is 14.4 Å². The molecule has 4 aromatic carbocycles. The monoisotopic (exact) mass is 573 g/mol. The van der Waals surface area contributed by atoms with Gasteiger partial charge >= 0.3 is 0 Å². The number of carbonyl (C=O) groups is 3. The zero-order chi connectivity index (χ0) is 28.5. The Bertz CT molecular complexity index is 1510. The molecule has 0 aromatic heterocycles. The van der Waals surface area contributed by atoms with E-state index in [1.807, 2.05) is 0 Å². The molecule has 1 unspecified atom stereocenters. The van der Waals surface area contributed by atoms with Gasteiger partial charge in [0.15, 0.2) is 0 Å². The minimum Gasteiger partial charge on any atom is -0.325 e. The molecular formula is C31H25ClFN3O3S. The average Bonchev–Trinajstić information content (AvgIpc) is 2.96. The summed E-state index contributed by atoms with van der Waals surface area (Å²) in [4.78, 5) is 39.3. The third-order valence-corrected chi connectivity index (χ3v) is 6.98. The summed E-state index contributed by atoms with van der Waals surface area (Å²) >= 11 is 7.26. The normalized spacial score (nSPS) is 11.8. The lowest BCUT2D eigenvalue weighted by molar-refractivity contribution is -0.115. The molecule has 0 radical (unpaired) electrons. The van der Waals surface area contributed by atoms with E-state index < -0.39 is 17.6 Å². The first-order chi connectivity index (χ1) is 19.3. The third-order valence-electron chi connectivity index (χ3n) is 5.62. The molecule has 4 aromatic rings. The Morgan fingerprint density at radius 2 is 1.40 bits per heavy atom. The zero-order valence-corrected chi connectivity index (χ0v) is 22.9. The van der Waals surface area contributed by atoms with Crippen LogP contribution in [0, 0.1) is 5.82 Å². The van der Waals surface area contributed by atoms with Gasteiger partial charge in [0.25, 0.3) is 11.8 Å². The van der Waals surface area contributed by atoms with Crippen LogP contribution in [0.15, 0.2) is 114 Å². The van der Waals surface area contributed by atoms with Gasteiger partial charge in [0.2, 0.25) is 5.91 Å². The number of hydrogen-bond acceptors (Lipinski definition) is 4. The van der Waals surface area contributed by atoms with Gasteiger partial charge in [-0.05, 0) is 91.4 Å². The van der Waals surface area contributed by atoms with Crippen molar-refractivity contribution in [3.8, 4) is 0 Å². The van der Waals surface area contributed by atoms with Crippen molar-refractivity contribution in [3.05, 3.63) is 131 Å². The molecule has 9 heteroatoms. The number of carbonyl (C=O) groups excluding carboxylic acids is 3. The van der Waals surface area contributed by atoms with E-state index in [2.05, 4.69) is 16.0 Å². The highest BCUT2D eigenvalue weighted by Crippen LogP contribution is 2.26. The molecule has 0 aliphatic rings. The average molecular weight is 574 g/mol. The van der Waals surface area contributed by atoms with Crippen molar-refractivity contribution in [1.82, 2.24) is 5.32 Å². The fourth-order valence-corrected chi connectivity index (χ4v) is 4.51. The predicted octanol–water partition coefficient (Wildman–Crippen LogP) is 7.01. The lowest BCUT2D eigenvalue weighted by Gasteiger charge is -2.13. The summed E-state index contributed by atoms with van der Waals surface area (Å²) in [5.41, 5.74) is 2.06. The molecule has 0 bridgehead atoms. The van der Waals surface area contributed by atoms with E-state index in [1.165, 1.54) is 42.1 Å². The number of halogens is 2. The standard InChI is InChI=1S/C31H25ClFN3O3S/c1-20(29(37)34-25-13-9-23(32)10-14-25)40-27-17-15-26(16-18-27)35-31(39)28(19-21-7-11-24(33)12-8-21)36-30(38)22-5-3-2-4-6-22/h2-20H,1H3,(H,34,37)(H,35,39)(H,36,38)/b28-19-. The molecule has 0 spiro atoms. The molecule has 6 nitrogen and oxygen atoms in total. The van der Waals surface area contributed by atoms with Crippen molar-refractivity contribution in [2.24, 2.45) is 0 Å². The van der Waals surface area contributed by atoms with Crippen LogP contribution in [0.4, 0.5) is 15.8 Å². The van der Waals surface area contributed by atoms with Crippen LogP contribution in [0.1, 0.15) is 22.8 Å². The van der Waals surface area contributed by atoms with Crippen LogP contribution in [0.5, 0.6) is 0 Å². The molecular weight excluding hydrogens is 549 g/mol. The van der Waals surface area contributed by atoms with E-state index >= 15 is 0 Å². The van der Waals surface area contributed by atoms with E-state index in [9.17, 15) is 18.8 Å². The highest BCUT2D eigenvalue weighted by atomic mass is 35.5. The maximum Gasteiger partial charge on any atom is 0.272 e. The fraction of sp³-hybridized carbons (Fsp3) is 0.0645. The molecule has 0 aliphatic heterocycles. The van der Waals surface area contributed by atoms with E-state index in [0.29, 0.717) is 27.5 Å². The largest absolute Gasteiger partial charge is 0.325 e. The zero-order valence-electron chi connectivity index (χ0n) is 21.4. The molecule has 0 saturated heterocycles. The summed E-state index contributed by atoms with van der Waals surface area (Å²) in [6, 6.07) is 27.9. The second kappa shape index (κ2) is 13.6. The van der Waals surface area contributed by atoms with E-state index in [0.717, 1.165) is 4.90 Å². The summed E-state index contributed by atoms with van der Waals surface area (Å²) < 4.78 is 13.4. The predicted molar refractivity (Wildman–Crippen MR) is 159 cm³/mol. The first kappa shape index (κ1) is 28.6. The Labute approximate surface area is 240 Å². The SMILES string of the molecule is CC(Sc1ccc(NC(=O)/C(=C/c2ccc(F)cc2)NC(=O)c2ccccc2)cc1)C(=O)Nc1ccc(Cl)cc1. The number of rotatable bonds is 9. The van der Waals surface area contributed by atoms with Gasteiger partial charge in [0.05, 0.1) is 5.25 Å². The molecule has 1 atom stereocenters. The highest BCUT2D eigenvalue weighted by molar-refractivity contribution is 8.00. The van der Waals surface area contributed by atoms with Crippen LogP contribution in [-0.2, 0) is 9.59 Å². The fourth-order valence-electron chi connectivity index (χ4n) is 3.52. The molecule has 3 N–H and O–H groups in total. The smallest absolute Gasteiger partial charge is 0.272 e. The quantitative estimate of drug-likeness (QED) is 0.148. The topological polar surface area (TPSA) is 87.3 Å². The first-order valence-corrected chi connectivity index (χ1v) is 13.5. The van der Waals surface area contributed by atoms with Crippen LogP contribution >= 0.6 is 23.4 Å². The first-order valence-electron chi connectivity index (χ1n) is 12.2. The van der Waals surface area contributed by atoms with E-state index in [4.69, 9.17) is 11.6 Å². The lowest BCUT2D eigenvalue weighted by atomic mass is 10.1. The highest BCUT2D eigenvalue weighted by Gasteiger charge is 2.17. The van der Waals surface area contributed by atoms with Gasteiger partial charge < -0.3 is 16.0 Å². The van der Waals surface area contributed by atoms with Gasteiger partial charge in [-0.2, -0.15) is 0 Å². The van der Waals surface area contributed by atoms with Crippen molar-refractivity contribution in [2.45, 2.75) is 17.1 Å². The van der Waals surface area contributed by atoms with Gasteiger partial charge in [-0.15, -0.1) is 11.8 Å². The number of anilines is 2. The van der Waals surface area contributed by atoms with Crippen molar-refractivity contribution >= 4 is 58.5 Å². The lowest BCUT2D eigenvalue weighted by Crippen LogP contribution is -2.30. The molecule has 3 amide bonds. The Morgan fingerprint density at radius 3 is 2.05 bits per heavy atom. The minimum absolute atomic E-state index is 0.00796. The number of benzene rings is 4. The summed E-state index contributed by atoms with van der Waals surface area (Å²) in [6.07, 6.45) is 1.47. The maximum atomic E-state index is 13.4. The van der Waals surface area contributed by atoms with Crippen molar-refractivity contribution in [2.75, 3.05) is 10.6 Å². The number of amides is 3. The van der Waals surface area contributed by atoms with Gasteiger partial charge in [-0.25, -0.2) is 4.39 Å². The van der Waals surface area contributed by atoms with Crippen LogP contribution in [0.25, 0.3) is 6.08 Å².